The molecule has 10 nitrogen and oxygen atoms in total. The zero-order chi connectivity index (χ0) is 31.5. The summed E-state index contributed by atoms with van der Waals surface area (Å²) in [6, 6.07) is 6.24. The van der Waals surface area contributed by atoms with E-state index in [9.17, 15) is 14.4 Å². The molecule has 1 aliphatic carbocycles. The summed E-state index contributed by atoms with van der Waals surface area (Å²) in [5.41, 5.74) is 4.72. The van der Waals surface area contributed by atoms with Crippen LogP contribution in [-0.2, 0) is 18.3 Å². The van der Waals surface area contributed by atoms with E-state index in [0.717, 1.165) is 66.1 Å². The van der Waals surface area contributed by atoms with Crippen molar-refractivity contribution in [2.45, 2.75) is 98.4 Å². The number of nitrogens with zero attached hydrogens (tertiary/aromatic N) is 3. The van der Waals surface area contributed by atoms with Crippen molar-refractivity contribution in [1.29, 1.82) is 0 Å². The standard InChI is InChI=1S/C33H46N6O4/c1-9-39(25-12-10-24(11-13-25)37-32(42)43-33(5,6)7)28-18-23(29-34-14-15-38(29)8)17-26(22(28)4)30(40)35-19-27-20(2)16-21(3)36-31(27)41/h14-18,24-25H,9-13,19H2,1-8H3,(H,35,40)(H,36,41)(H,37,42). The Morgan fingerprint density at radius 3 is 2.40 bits per heavy atom. The summed E-state index contributed by atoms with van der Waals surface area (Å²) in [7, 11) is 1.94. The van der Waals surface area contributed by atoms with Gasteiger partial charge in [0, 0.05) is 72.7 Å². The molecule has 1 fully saturated rings. The number of aryl methyl sites for hydroxylation is 3. The third-order valence-electron chi connectivity index (χ3n) is 8.13. The SMILES string of the molecule is CCN(c1cc(-c2nccn2C)cc(C(=O)NCc2c(C)cc(C)[nH]c2=O)c1C)C1CCC(NC(=O)OC(C)(C)C)CC1. The number of alkyl carbamates (subject to hydrolysis) is 1. The lowest BCUT2D eigenvalue weighted by atomic mass is 9.89. The van der Waals surface area contributed by atoms with Gasteiger partial charge in [-0.05, 0) is 103 Å². The van der Waals surface area contributed by atoms with Crippen LogP contribution in [0, 0.1) is 20.8 Å². The van der Waals surface area contributed by atoms with Crippen molar-refractivity contribution in [3.05, 3.63) is 68.9 Å². The molecule has 1 aromatic carbocycles. The first kappa shape index (κ1) is 31.8. The number of anilines is 1. The maximum Gasteiger partial charge on any atom is 0.407 e. The van der Waals surface area contributed by atoms with Crippen LogP contribution in [0.1, 0.15) is 86.1 Å². The molecule has 0 bridgehead atoms. The number of nitrogens with one attached hydrogen (secondary N) is 3. The Morgan fingerprint density at radius 1 is 1.12 bits per heavy atom. The van der Waals surface area contributed by atoms with Crippen molar-refractivity contribution < 1.29 is 14.3 Å². The van der Waals surface area contributed by atoms with Crippen molar-refractivity contribution in [2.75, 3.05) is 11.4 Å². The fourth-order valence-electron chi connectivity index (χ4n) is 6.00. The normalized spacial score (nSPS) is 16.9. The number of aromatic nitrogens is 3. The van der Waals surface area contributed by atoms with Crippen LogP contribution >= 0.6 is 0 Å². The van der Waals surface area contributed by atoms with Crippen molar-refractivity contribution in [3.8, 4) is 11.4 Å². The van der Waals surface area contributed by atoms with Crippen molar-refractivity contribution in [1.82, 2.24) is 25.2 Å². The number of amides is 2. The molecule has 232 valence electrons. The summed E-state index contributed by atoms with van der Waals surface area (Å²) in [5.74, 6) is 0.526. The van der Waals surface area contributed by atoms with Crippen LogP contribution in [0.4, 0.5) is 10.5 Å². The average molecular weight is 591 g/mol. The van der Waals surface area contributed by atoms with Crippen LogP contribution in [0.2, 0.25) is 0 Å². The van der Waals surface area contributed by atoms with Gasteiger partial charge >= 0.3 is 6.09 Å². The van der Waals surface area contributed by atoms with E-state index in [1.54, 1.807) is 6.20 Å². The van der Waals surface area contributed by atoms with Crippen molar-refractivity contribution in [3.63, 3.8) is 0 Å². The van der Waals surface area contributed by atoms with Crippen LogP contribution in [0.25, 0.3) is 11.4 Å². The molecule has 2 heterocycles. The largest absolute Gasteiger partial charge is 0.444 e. The molecule has 4 rings (SSSR count). The summed E-state index contributed by atoms with van der Waals surface area (Å²) >= 11 is 0. The second-order valence-electron chi connectivity index (χ2n) is 12.6. The third kappa shape index (κ3) is 7.66. The van der Waals surface area contributed by atoms with Gasteiger partial charge in [0.1, 0.15) is 11.4 Å². The van der Waals surface area contributed by atoms with Crippen LogP contribution in [0.3, 0.4) is 0 Å². The van der Waals surface area contributed by atoms with Crippen molar-refractivity contribution >= 4 is 17.7 Å². The van der Waals surface area contributed by atoms with E-state index in [4.69, 9.17) is 4.74 Å². The Balaban J connectivity index is 1.59. The second kappa shape index (κ2) is 13.1. The zero-order valence-electron chi connectivity index (χ0n) is 26.8. The van der Waals surface area contributed by atoms with E-state index < -0.39 is 5.60 Å². The predicted octanol–water partition coefficient (Wildman–Crippen LogP) is 5.29. The first-order valence-electron chi connectivity index (χ1n) is 15.1. The summed E-state index contributed by atoms with van der Waals surface area (Å²) in [5, 5.41) is 6.02. The Kier molecular flexibility index (Phi) is 9.67. The van der Waals surface area contributed by atoms with Gasteiger partial charge in [-0.3, -0.25) is 9.59 Å². The van der Waals surface area contributed by atoms with E-state index in [0.29, 0.717) is 11.1 Å². The first-order chi connectivity index (χ1) is 20.3. The number of pyridine rings is 1. The minimum atomic E-state index is -0.533. The molecule has 3 N–H and O–H groups in total. The maximum atomic E-state index is 13.7. The van der Waals surface area contributed by atoms with Gasteiger partial charge in [0.25, 0.3) is 11.5 Å². The lowest BCUT2D eigenvalue weighted by Crippen LogP contribution is -2.45. The molecule has 1 aliphatic rings. The van der Waals surface area contributed by atoms with E-state index >= 15 is 0 Å². The van der Waals surface area contributed by atoms with Crippen LogP contribution in [0.5, 0.6) is 0 Å². The van der Waals surface area contributed by atoms with Gasteiger partial charge in [-0.15, -0.1) is 0 Å². The average Bonchev–Trinajstić information content (AvgIpc) is 3.34. The molecule has 0 aliphatic heterocycles. The van der Waals surface area contributed by atoms with Gasteiger partial charge in [-0.2, -0.15) is 0 Å². The van der Waals surface area contributed by atoms with E-state index in [2.05, 4.69) is 38.5 Å². The Hall–Kier alpha value is -4.08. The number of imidazole rings is 1. The van der Waals surface area contributed by atoms with Gasteiger partial charge in [-0.1, -0.05) is 0 Å². The molecule has 43 heavy (non-hydrogen) atoms. The minimum Gasteiger partial charge on any atom is -0.444 e. The monoisotopic (exact) mass is 590 g/mol. The molecule has 0 unspecified atom stereocenters. The maximum absolute atomic E-state index is 13.7. The van der Waals surface area contributed by atoms with Gasteiger partial charge in [0.2, 0.25) is 0 Å². The molecule has 2 amide bonds. The van der Waals surface area contributed by atoms with Gasteiger partial charge < -0.3 is 29.8 Å². The van der Waals surface area contributed by atoms with Gasteiger partial charge in [0.15, 0.2) is 0 Å². The molecular weight excluding hydrogens is 544 g/mol. The van der Waals surface area contributed by atoms with E-state index in [1.807, 2.05) is 71.5 Å². The van der Waals surface area contributed by atoms with Crippen molar-refractivity contribution in [2.24, 2.45) is 7.05 Å². The Bertz CT molecular complexity index is 1530. The molecule has 0 spiro atoms. The highest BCUT2D eigenvalue weighted by molar-refractivity contribution is 5.98. The molecule has 0 radical (unpaired) electrons. The highest BCUT2D eigenvalue weighted by Crippen LogP contribution is 2.35. The molecule has 3 aromatic rings. The number of carbonyl (C=O) groups is 2. The zero-order valence-corrected chi connectivity index (χ0v) is 26.8. The van der Waals surface area contributed by atoms with E-state index in [-0.39, 0.29) is 36.2 Å². The fourth-order valence-corrected chi connectivity index (χ4v) is 6.00. The smallest absolute Gasteiger partial charge is 0.407 e. The minimum absolute atomic E-state index is 0.0690. The Labute approximate surface area is 254 Å². The number of carbonyl (C=O) groups excluding carboxylic acids is 2. The molecule has 0 saturated heterocycles. The third-order valence-corrected chi connectivity index (χ3v) is 8.13. The highest BCUT2D eigenvalue weighted by atomic mass is 16.6. The lowest BCUT2D eigenvalue weighted by molar-refractivity contribution is 0.0491. The molecule has 1 saturated carbocycles. The summed E-state index contributed by atoms with van der Waals surface area (Å²) in [4.78, 5) is 48.4. The molecular formula is C33H46N6O4. The Morgan fingerprint density at radius 2 is 1.81 bits per heavy atom. The molecule has 0 atom stereocenters. The number of hydrogen-bond acceptors (Lipinski definition) is 6. The highest BCUT2D eigenvalue weighted by Gasteiger charge is 2.29. The predicted molar refractivity (Wildman–Crippen MR) is 170 cm³/mol. The second-order valence-corrected chi connectivity index (χ2v) is 12.6. The number of aromatic amines is 1. The van der Waals surface area contributed by atoms with Crippen LogP contribution in [0.15, 0.2) is 35.4 Å². The molecule has 10 heteroatoms. The lowest BCUT2D eigenvalue weighted by Gasteiger charge is -2.39. The number of rotatable bonds is 8. The molecule has 2 aromatic heterocycles. The topological polar surface area (TPSA) is 121 Å². The number of H-pyrrole nitrogens is 1. The quantitative estimate of drug-likeness (QED) is 0.328. The summed E-state index contributed by atoms with van der Waals surface area (Å²) in [6.07, 6.45) is 6.75. The summed E-state index contributed by atoms with van der Waals surface area (Å²) < 4.78 is 7.40. The number of hydrogen-bond donors (Lipinski definition) is 3. The number of ether oxygens (including phenoxy) is 1. The van der Waals surface area contributed by atoms with Crippen LogP contribution < -0.4 is 21.1 Å². The number of benzene rings is 1. The van der Waals surface area contributed by atoms with E-state index in [1.165, 1.54) is 0 Å². The summed E-state index contributed by atoms with van der Waals surface area (Å²) in [6.45, 7) is 14.3. The van der Waals surface area contributed by atoms with Gasteiger partial charge in [0.05, 0.1) is 0 Å². The fraction of sp³-hybridized carbons (Fsp3) is 0.515. The van der Waals surface area contributed by atoms with Crippen LogP contribution in [-0.4, -0.2) is 50.8 Å². The van der Waals surface area contributed by atoms with Gasteiger partial charge in [-0.25, -0.2) is 9.78 Å². The first-order valence-corrected chi connectivity index (χ1v) is 15.1.